The van der Waals surface area contributed by atoms with E-state index in [2.05, 4.69) is 17.2 Å². The highest BCUT2D eigenvalue weighted by molar-refractivity contribution is 5.91. The smallest absolute Gasteiger partial charge is 0.326 e. The van der Waals surface area contributed by atoms with Gasteiger partial charge < -0.3 is 15.7 Å². The predicted octanol–water partition coefficient (Wildman–Crippen LogP) is 1.07. The van der Waals surface area contributed by atoms with Crippen LogP contribution in [0.15, 0.2) is 12.7 Å². The fourth-order valence-corrected chi connectivity index (χ4v) is 1.32. The number of carboxylic acid groups (broad SMARTS) is 1. The normalized spacial score (nSPS) is 14.0. The van der Waals surface area contributed by atoms with Crippen LogP contribution in [0.2, 0.25) is 0 Å². The van der Waals surface area contributed by atoms with E-state index in [0.29, 0.717) is 6.42 Å². The van der Waals surface area contributed by atoms with Crippen LogP contribution in [0.4, 0.5) is 0 Å². The first-order valence-corrected chi connectivity index (χ1v) is 6.54. The first kappa shape index (κ1) is 18.1. The summed E-state index contributed by atoms with van der Waals surface area (Å²) in [5, 5.41) is 14.0. The Hall–Kier alpha value is -1.85. The molecular formula is C14H24N2O4. The zero-order valence-electron chi connectivity index (χ0n) is 12.5. The summed E-state index contributed by atoms with van der Waals surface area (Å²) in [7, 11) is 0. The number of hydrogen-bond acceptors (Lipinski definition) is 3. The number of amides is 2. The van der Waals surface area contributed by atoms with Gasteiger partial charge >= 0.3 is 5.97 Å². The minimum absolute atomic E-state index is 0.266. The van der Waals surface area contributed by atoms with E-state index in [1.807, 2.05) is 0 Å². The summed E-state index contributed by atoms with van der Waals surface area (Å²) < 4.78 is 0. The minimum atomic E-state index is -1.10. The molecule has 6 nitrogen and oxygen atoms in total. The van der Waals surface area contributed by atoms with Gasteiger partial charge in [0.05, 0.1) is 0 Å². The van der Waals surface area contributed by atoms with Crippen LogP contribution in [0, 0.1) is 5.41 Å². The van der Waals surface area contributed by atoms with Gasteiger partial charge in [0.25, 0.3) is 0 Å². The molecule has 0 heterocycles. The molecule has 0 aliphatic carbocycles. The van der Waals surface area contributed by atoms with E-state index in [-0.39, 0.29) is 12.3 Å². The van der Waals surface area contributed by atoms with Crippen molar-refractivity contribution in [2.75, 3.05) is 0 Å². The number of hydrogen-bond donors (Lipinski definition) is 3. The summed E-state index contributed by atoms with van der Waals surface area (Å²) in [6.07, 6.45) is 2.34. The average molecular weight is 284 g/mol. The van der Waals surface area contributed by atoms with Gasteiger partial charge in [-0.15, -0.1) is 6.58 Å². The Morgan fingerprint density at radius 2 is 1.80 bits per heavy atom. The van der Waals surface area contributed by atoms with Crippen LogP contribution in [0.25, 0.3) is 0 Å². The lowest BCUT2D eigenvalue weighted by Gasteiger charge is -2.22. The molecule has 2 amide bonds. The number of allylic oxidation sites excluding steroid dienone is 1. The van der Waals surface area contributed by atoms with Crippen LogP contribution < -0.4 is 10.6 Å². The Morgan fingerprint density at radius 3 is 2.20 bits per heavy atom. The van der Waals surface area contributed by atoms with Crippen molar-refractivity contribution >= 4 is 17.8 Å². The Balaban J connectivity index is 4.53. The van der Waals surface area contributed by atoms with Crippen molar-refractivity contribution in [3.63, 3.8) is 0 Å². The van der Waals surface area contributed by atoms with E-state index < -0.39 is 29.4 Å². The SMILES string of the molecule is C=CCCC(NC(=O)C(C)NC(=O)C(C)(C)C)C(=O)O. The molecule has 0 aromatic heterocycles. The Labute approximate surface area is 119 Å². The molecule has 0 fully saturated rings. The highest BCUT2D eigenvalue weighted by Crippen LogP contribution is 2.12. The molecule has 0 saturated heterocycles. The van der Waals surface area contributed by atoms with Crippen molar-refractivity contribution in [1.82, 2.24) is 10.6 Å². The number of nitrogens with one attached hydrogen (secondary N) is 2. The monoisotopic (exact) mass is 284 g/mol. The summed E-state index contributed by atoms with van der Waals surface area (Å²) in [4.78, 5) is 34.6. The fraction of sp³-hybridized carbons (Fsp3) is 0.643. The summed E-state index contributed by atoms with van der Waals surface area (Å²) in [5.74, 6) is -1.88. The van der Waals surface area contributed by atoms with Crippen molar-refractivity contribution in [1.29, 1.82) is 0 Å². The number of aliphatic carboxylic acids is 1. The van der Waals surface area contributed by atoms with Gasteiger partial charge in [-0.25, -0.2) is 4.79 Å². The molecule has 0 radical (unpaired) electrons. The molecule has 0 saturated carbocycles. The molecule has 0 aliphatic rings. The van der Waals surface area contributed by atoms with E-state index in [1.54, 1.807) is 26.8 Å². The summed E-state index contributed by atoms with van der Waals surface area (Å²) in [5.41, 5.74) is -0.608. The average Bonchev–Trinajstić information content (AvgIpc) is 2.32. The second-order valence-corrected chi connectivity index (χ2v) is 5.71. The van der Waals surface area contributed by atoms with Crippen molar-refractivity contribution in [2.45, 2.75) is 52.6 Å². The summed E-state index contributed by atoms with van der Waals surface area (Å²) in [6, 6.07) is -1.76. The lowest BCUT2D eigenvalue weighted by atomic mass is 9.95. The molecular weight excluding hydrogens is 260 g/mol. The van der Waals surface area contributed by atoms with Crippen LogP contribution in [0.3, 0.4) is 0 Å². The maximum absolute atomic E-state index is 11.9. The van der Waals surface area contributed by atoms with Crippen molar-refractivity contribution in [3.05, 3.63) is 12.7 Å². The quantitative estimate of drug-likeness (QED) is 0.609. The molecule has 0 rings (SSSR count). The first-order valence-electron chi connectivity index (χ1n) is 6.54. The van der Waals surface area contributed by atoms with Gasteiger partial charge in [0, 0.05) is 5.41 Å². The van der Waals surface area contributed by atoms with E-state index in [0.717, 1.165) is 0 Å². The largest absolute Gasteiger partial charge is 0.480 e. The number of rotatable bonds is 7. The molecule has 0 aromatic carbocycles. The molecule has 2 atom stereocenters. The molecule has 0 aromatic rings. The van der Waals surface area contributed by atoms with E-state index in [4.69, 9.17) is 5.11 Å². The standard InChI is InChI=1S/C14H24N2O4/c1-6-7-8-10(12(18)19)16-11(17)9(2)15-13(20)14(3,4)5/h6,9-10H,1,7-8H2,2-5H3,(H,15,20)(H,16,17)(H,18,19). The van der Waals surface area contributed by atoms with Crippen LogP contribution >= 0.6 is 0 Å². The third-order valence-corrected chi connectivity index (χ3v) is 2.70. The lowest BCUT2D eigenvalue weighted by Crippen LogP contribution is -2.52. The van der Waals surface area contributed by atoms with E-state index >= 15 is 0 Å². The van der Waals surface area contributed by atoms with Gasteiger partial charge in [-0.3, -0.25) is 9.59 Å². The number of carbonyl (C=O) groups is 3. The van der Waals surface area contributed by atoms with E-state index in [1.165, 1.54) is 6.92 Å². The zero-order valence-corrected chi connectivity index (χ0v) is 12.5. The number of carboxylic acids is 1. The van der Waals surface area contributed by atoms with Crippen LogP contribution in [0.1, 0.15) is 40.5 Å². The molecule has 0 spiro atoms. The maximum Gasteiger partial charge on any atom is 0.326 e. The molecule has 114 valence electrons. The topological polar surface area (TPSA) is 95.5 Å². The first-order chi connectivity index (χ1) is 9.09. The molecule has 6 heteroatoms. The second-order valence-electron chi connectivity index (χ2n) is 5.71. The Kier molecular flexibility index (Phi) is 6.96. The summed E-state index contributed by atoms with van der Waals surface area (Å²) >= 11 is 0. The van der Waals surface area contributed by atoms with Crippen molar-refractivity contribution in [2.24, 2.45) is 5.41 Å². The highest BCUT2D eigenvalue weighted by Gasteiger charge is 2.27. The van der Waals surface area contributed by atoms with Crippen molar-refractivity contribution in [3.8, 4) is 0 Å². The Bertz CT molecular complexity index is 385. The van der Waals surface area contributed by atoms with Crippen molar-refractivity contribution < 1.29 is 19.5 Å². The van der Waals surface area contributed by atoms with Crippen LogP contribution in [0.5, 0.6) is 0 Å². The summed E-state index contributed by atoms with van der Waals surface area (Å²) in [6.45, 7) is 10.2. The number of carbonyl (C=O) groups excluding carboxylic acids is 2. The molecule has 20 heavy (non-hydrogen) atoms. The van der Waals surface area contributed by atoms with Gasteiger partial charge in [-0.05, 0) is 19.8 Å². The molecule has 2 unspecified atom stereocenters. The third kappa shape index (κ3) is 6.36. The Morgan fingerprint density at radius 1 is 1.25 bits per heavy atom. The van der Waals surface area contributed by atoms with Crippen LogP contribution in [-0.2, 0) is 14.4 Å². The minimum Gasteiger partial charge on any atom is -0.480 e. The highest BCUT2D eigenvalue weighted by atomic mass is 16.4. The predicted molar refractivity (Wildman–Crippen MR) is 76.1 cm³/mol. The zero-order chi connectivity index (χ0) is 15.9. The lowest BCUT2D eigenvalue weighted by molar-refractivity contribution is -0.142. The van der Waals surface area contributed by atoms with Gasteiger partial charge in [-0.1, -0.05) is 26.8 Å². The third-order valence-electron chi connectivity index (χ3n) is 2.70. The van der Waals surface area contributed by atoms with Gasteiger partial charge in [0.2, 0.25) is 11.8 Å². The second kappa shape index (κ2) is 7.67. The van der Waals surface area contributed by atoms with Gasteiger partial charge in [0.1, 0.15) is 12.1 Å². The fourth-order valence-electron chi connectivity index (χ4n) is 1.32. The van der Waals surface area contributed by atoms with Gasteiger partial charge in [0.15, 0.2) is 0 Å². The maximum atomic E-state index is 11.9. The molecule has 0 bridgehead atoms. The molecule has 0 aliphatic heterocycles. The van der Waals surface area contributed by atoms with E-state index in [9.17, 15) is 14.4 Å². The van der Waals surface area contributed by atoms with Gasteiger partial charge in [-0.2, -0.15) is 0 Å². The van der Waals surface area contributed by atoms with Crippen LogP contribution in [-0.4, -0.2) is 35.0 Å². The molecule has 3 N–H and O–H groups in total.